The molecule has 2 atom stereocenters. The molecule has 1 aromatic rings. The van der Waals surface area contributed by atoms with Crippen molar-refractivity contribution in [3.63, 3.8) is 0 Å². The number of nitrogens with one attached hydrogen (secondary N) is 1. The van der Waals surface area contributed by atoms with Crippen LogP contribution in [-0.4, -0.2) is 40.7 Å². The standard InChI is InChI=1S/C14H20N2O3S/c1-19-10-7-8-15-12(13(10)17)14(18)16-9-5-3-4-6-11(9)20-2/h7-9,11,17H,3-6H2,1-2H3,(H,16,18)/t9-,11-/m1/s1. The monoisotopic (exact) mass is 296 g/mol. The molecule has 1 aliphatic rings. The Bertz CT molecular complexity index is 481. The van der Waals surface area contributed by atoms with E-state index >= 15 is 0 Å². The maximum atomic E-state index is 12.3. The third-order valence-corrected chi connectivity index (χ3v) is 4.81. The first kappa shape index (κ1) is 15.0. The van der Waals surface area contributed by atoms with Crippen molar-refractivity contribution in [3.05, 3.63) is 18.0 Å². The number of carbonyl (C=O) groups is 1. The number of hydrogen-bond acceptors (Lipinski definition) is 5. The molecule has 1 amide bonds. The number of aromatic hydroxyl groups is 1. The molecule has 2 rings (SSSR count). The normalized spacial score (nSPS) is 22.3. The zero-order chi connectivity index (χ0) is 14.5. The van der Waals surface area contributed by atoms with Gasteiger partial charge in [0.2, 0.25) is 0 Å². The van der Waals surface area contributed by atoms with Crippen LogP contribution in [0.1, 0.15) is 36.2 Å². The zero-order valence-electron chi connectivity index (χ0n) is 11.8. The van der Waals surface area contributed by atoms with Crippen LogP contribution in [0.5, 0.6) is 11.5 Å². The average Bonchev–Trinajstić information content (AvgIpc) is 2.48. The van der Waals surface area contributed by atoms with Crippen molar-refractivity contribution in [2.45, 2.75) is 37.0 Å². The third kappa shape index (κ3) is 3.17. The van der Waals surface area contributed by atoms with Crippen molar-refractivity contribution in [2.24, 2.45) is 0 Å². The summed E-state index contributed by atoms with van der Waals surface area (Å²) >= 11 is 1.78. The SMILES string of the molecule is COc1ccnc(C(=O)N[C@@H]2CCCC[C@H]2SC)c1O. The minimum Gasteiger partial charge on any atom is -0.503 e. The summed E-state index contributed by atoms with van der Waals surface area (Å²) in [7, 11) is 1.45. The highest BCUT2D eigenvalue weighted by Gasteiger charge is 2.27. The molecule has 0 spiro atoms. The lowest BCUT2D eigenvalue weighted by Gasteiger charge is -2.30. The highest BCUT2D eigenvalue weighted by Crippen LogP contribution is 2.30. The second-order valence-corrected chi connectivity index (χ2v) is 5.93. The lowest BCUT2D eigenvalue weighted by Crippen LogP contribution is -2.43. The molecule has 5 nitrogen and oxygen atoms in total. The molecule has 1 saturated carbocycles. The van der Waals surface area contributed by atoms with Gasteiger partial charge >= 0.3 is 0 Å². The van der Waals surface area contributed by atoms with Gasteiger partial charge in [-0.25, -0.2) is 4.98 Å². The summed E-state index contributed by atoms with van der Waals surface area (Å²) < 4.78 is 4.99. The maximum absolute atomic E-state index is 12.3. The number of carbonyl (C=O) groups excluding carboxylic acids is 1. The first-order valence-electron chi connectivity index (χ1n) is 6.73. The lowest BCUT2D eigenvalue weighted by molar-refractivity contribution is 0.0920. The summed E-state index contributed by atoms with van der Waals surface area (Å²) in [5.74, 6) is -0.286. The van der Waals surface area contributed by atoms with Gasteiger partial charge in [-0.15, -0.1) is 0 Å². The summed E-state index contributed by atoms with van der Waals surface area (Å²) in [5.41, 5.74) is 0.0229. The fourth-order valence-corrected chi connectivity index (χ4v) is 3.48. The molecule has 1 aromatic heterocycles. The molecule has 0 unspecified atom stereocenters. The van der Waals surface area contributed by atoms with Gasteiger partial charge in [0.15, 0.2) is 17.2 Å². The summed E-state index contributed by atoms with van der Waals surface area (Å²) in [5, 5.41) is 13.4. The quantitative estimate of drug-likeness (QED) is 0.891. The second-order valence-electron chi connectivity index (χ2n) is 4.85. The zero-order valence-corrected chi connectivity index (χ0v) is 12.6. The molecule has 1 aliphatic carbocycles. The van der Waals surface area contributed by atoms with E-state index in [4.69, 9.17) is 4.74 Å². The van der Waals surface area contributed by atoms with E-state index in [1.54, 1.807) is 11.8 Å². The van der Waals surface area contributed by atoms with Crippen LogP contribution >= 0.6 is 11.8 Å². The van der Waals surface area contributed by atoms with Crippen LogP contribution in [0.2, 0.25) is 0 Å². The molecule has 0 aliphatic heterocycles. The van der Waals surface area contributed by atoms with Gasteiger partial charge in [0.1, 0.15) is 0 Å². The van der Waals surface area contributed by atoms with E-state index in [1.165, 1.54) is 25.8 Å². The van der Waals surface area contributed by atoms with Gasteiger partial charge in [-0.05, 0) is 19.1 Å². The van der Waals surface area contributed by atoms with Crippen LogP contribution in [0.4, 0.5) is 0 Å². The smallest absolute Gasteiger partial charge is 0.274 e. The van der Waals surface area contributed by atoms with Crippen molar-refractivity contribution in [3.8, 4) is 11.5 Å². The third-order valence-electron chi connectivity index (χ3n) is 3.64. The number of methoxy groups -OCH3 is 1. The summed E-state index contributed by atoms with van der Waals surface area (Å²) in [6.45, 7) is 0. The Morgan fingerprint density at radius 1 is 1.50 bits per heavy atom. The predicted molar refractivity (Wildman–Crippen MR) is 79.5 cm³/mol. The van der Waals surface area contributed by atoms with Crippen LogP contribution in [0.15, 0.2) is 12.3 Å². The van der Waals surface area contributed by atoms with Gasteiger partial charge in [0, 0.05) is 23.6 Å². The number of aromatic nitrogens is 1. The van der Waals surface area contributed by atoms with Gasteiger partial charge in [-0.1, -0.05) is 12.8 Å². The minimum absolute atomic E-state index is 0.0229. The average molecular weight is 296 g/mol. The van der Waals surface area contributed by atoms with Crippen molar-refractivity contribution in [1.29, 1.82) is 0 Å². The van der Waals surface area contributed by atoms with Gasteiger partial charge in [0.25, 0.3) is 5.91 Å². The van der Waals surface area contributed by atoms with Crippen molar-refractivity contribution < 1.29 is 14.6 Å². The first-order valence-corrected chi connectivity index (χ1v) is 8.01. The Labute approximate surface area is 123 Å². The predicted octanol–water partition coefficient (Wildman–Crippen LogP) is 2.20. The first-order chi connectivity index (χ1) is 9.67. The summed E-state index contributed by atoms with van der Waals surface area (Å²) in [4.78, 5) is 16.2. The maximum Gasteiger partial charge on any atom is 0.274 e. The van der Waals surface area contributed by atoms with Gasteiger partial charge in [-0.2, -0.15) is 11.8 Å². The minimum atomic E-state index is -0.340. The molecule has 110 valence electrons. The number of pyridine rings is 1. The number of ether oxygens (including phenoxy) is 1. The number of amides is 1. The van der Waals surface area contributed by atoms with Crippen LogP contribution in [-0.2, 0) is 0 Å². The van der Waals surface area contributed by atoms with Crippen LogP contribution < -0.4 is 10.1 Å². The van der Waals surface area contributed by atoms with E-state index in [9.17, 15) is 9.90 Å². The van der Waals surface area contributed by atoms with E-state index in [2.05, 4.69) is 16.6 Å². The van der Waals surface area contributed by atoms with E-state index in [0.717, 1.165) is 19.3 Å². The molecular formula is C14H20N2O3S. The van der Waals surface area contributed by atoms with Crippen LogP contribution in [0.25, 0.3) is 0 Å². The Morgan fingerprint density at radius 2 is 2.25 bits per heavy atom. The number of nitrogens with zero attached hydrogens (tertiary/aromatic N) is 1. The molecule has 0 radical (unpaired) electrons. The molecule has 6 heteroatoms. The fourth-order valence-electron chi connectivity index (χ4n) is 2.55. The molecule has 1 heterocycles. The highest BCUT2D eigenvalue weighted by molar-refractivity contribution is 7.99. The number of hydrogen-bond donors (Lipinski definition) is 2. The fraction of sp³-hybridized carbons (Fsp3) is 0.571. The molecule has 2 N–H and O–H groups in total. The summed E-state index contributed by atoms with van der Waals surface area (Å²) in [6, 6.07) is 1.66. The van der Waals surface area contributed by atoms with E-state index < -0.39 is 0 Å². The van der Waals surface area contributed by atoms with Crippen molar-refractivity contribution in [1.82, 2.24) is 10.3 Å². The molecule has 1 fully saturated rings. The number of thioether (sulfide) groups is 1. The molecule has 0 aromatic carbocycles. The van der Waals surface area contributed by atoms with Gasteiger partial charge in [0.05, 0.1) is 7.11 Å². The lowest BCUT2D eigenvalue weighted by atomic mass is 9.94. The van der Waals surface area contributed by atoms with Gasteiger partial charge < -0.3 is 15.2 Å². The van der Waals surface area contributed by atoms with E-state index in [-0.39, 0.29) is 29.1 Å². The van der Waals surface area contributed by atoms with Gasteiger partial charge in [-0.3, -0.25) is 4.79 Å². The van der Waals surface area contributed by atoms with E-state index in [1.807, 2.05) is 0 Å². The largest absolute Gasteiger partial charge is 0.503 e. The molecular weight excluding hydrogens is 276 g/mol. The van der Waals surface area contributed by atoms with Crippen molar-refractivity contribution in [2.75, 3.05) is 13.4 Å². The Balaban J connectivity index is 2.11. The summed E-state index contributed by atoms with van der Waals surface area (Å²) in [6.07, 6.45) is 7.95. The van der Waals surface area contributed by atoms with Crippen LogP contribution in [0.3, 0.4) is 0 Å². The Hall–Kier alpha value is -1.43. The number of rotatable bonds is 4. The Morgan fingerprint density at radius 3 is 2.95 bits per heavy atom. The second kappa shape index (κ2) is 6.83. The molecule has 0 saturated heterocycles. The topological polar surface area (TPSA) is 71.5 Å². The molecule has 0 bridgehead atoms. The van der Waals surface area contributed by atoms with Crippen LogP contribution in [0, 0.1) is 0 Å². The van der Waals surface area contributed by atoms with Crippen molar-refractivity contribution >= 4 is 17.7 Å². The highest BCUT2D eigenvalue weighted by atomic mass is 32.2. The van der Waals surface area contributed by atoms with E-state index in [0.29, 0.717) is 5.25 Å². The Kier molecular flexibility index (Phi) is 5.11. The molecule has 20 heavy (non-hydrogen) atoms.